The van der Waals surface area contributed by atoms with E-state index in [2.05, 4.69) is 57.1 Å². The molecule has 0 aliphatic rings. The lowest BCUT2D eigenvalue weighted by Gasteiger charge is -2.28. The maximum absolute atomic E-state index is 12.7. The number of rotatable bonds is 64. The van der Waals surface area contributed by atoms with Crippen molar-refractivity contribution in [2.24, 2.45) is 0 Å². The van der Waals surface area contributed by atoms with Crippen LogP contribution in [0.3, 0.4) is 0 Å². The van der Waals surface area contributed by atoms with Gasteiger partial charge in [0.2, 0.25) is 29.5 Å². The maximum Gasteiger partial charge on any atom is 0.246 e. The first-order valence-corrected chi connectivity index (χ1v) is 41.1. The Hall–Kier alpha value is -1.08. The Morgan fingerprint density at radius 3 is 0.818 bits per heavy atom. The SMILES string of the molecule is CCCC[P+](CCCC)(CCCC)CCCCCCCCCCN(CCCCCCCCCC[P+](CCCC)(CCCC)CCCC)CCCCCN(O)C(=O)CCC(=O)NCCCCCN(O)C(=O)CCC(=O)NCCCCCN(O)C(C)=O.Cl.[Cl-].[Cl-]. The molecule has 0 aromatic rings. The Labute approximate surface area is 561 Å². The van der Waals surface area contributed by atoms with Crippen molar-refractivity contribution in [2.75, 3.05) is 102 Å². The zero-order valence-electron chi connectivity index (χ0n) is 58.0. The first kappa shape index (κ1) is 93.3. The lowest BCUT2D eigenvalue weighted by Crippen LogP contribution is -3.00. The van der Waals surface area contributed by atoms with E-state index in [-0.39, 0.29) is 94.4 Å². The molecular formula is C69H141Cl3N6O8P2. The normalized spacial score (nSPS) is 11.4. The van der Waals surface area contributed by atoms with Crippen molar-refractivity contribution in [1.82, 2.24) is 30.7 Å². The van der Waals surface area contributed by atoms with E-state index in [0.717, 1.165) is 50.4 Å². The topological polar surface area (TPSA) is 183 Å². The van der Waals surface area contributed by atoms with Gasteiger partial charge in [0.15, 0.2) is 0 Å². The largest absolute Gasteiger partial charge is 1.00 e. The van der Waals surface area contributed by atoms with Gasteiger partial charge >= 0.3 is 0 Å². The first-order chi connectivity index (χ1) is 41.2. The average Bonchev–Trinajstić information content (AvgIpc) is 3.71. The van der Waals surface area contributed by atoms with E-state index in [4.69, 9.17) is 0 Å². The van der Waals surface area contributed by atoms with Crippen LogP contribution in [0.2, 0.25) is 0 Å². The smallest absolute Gasteiger partial charge is 0.246 e. The zero-order chi connectivity index (χ0) is 62.9. The second-order valence-corrected chi connectivity index (χ2v) is 34.6. The number of halogens is 3. The summed E-state index contributed by atoms with van der Waals surface area (Å²) in [6.07, 6.45) is 57.5. The van der Waals surface area contributed by atoms with Crippen LogP contribution >= 0.6 is 26.9 Å². The molecular weight excluding hydrogens is 1210 g/mol. The van der Waals surface area contributed by atoms with E-state index < -0.39 is 32.2 Å². The number of amides is 5. The summed E-state index contributed by atoms with van der Waals surface area (Å²) < 4.78 is 0. The molecule has 0 fully saturated rings. The fraction of sp³-hybridized carbons (Fsp3) is 0.928. The number of hydrogen-bond donors (Lipinski definition) is 5. The standard InChI is InChI=1S/C69H138N6O8P2.3ClH/c1-8-14-57-84(58-15-9-2,59-16-10-3)63-43-30-26-22-20-24-28-37-51-72(52-38-29-25-21-23-27-31-44-64-85(60-17-11-4,61-18-12-5)62-19-13-6)53-39-34-42-56-75(83)69(80)48-46-67(78)71-50-36-33-41-55-74(82)68(79)47-45-66(77)70-49-35-32-40-54-73(81)65(7)76;;;/h81-83H,8-64H2,1-7H3;3*1H. The zero-order valence-corrected chi connectivity index (χ0v) is 62.2. The van der Waals surface area contributed by atoms with Crippen molar-refractivity contribution in [3.8, 4) is 0 Å². The van der Waals surface area contributed by atoms with E-state index in [1.54, 1.807) is 49.3 Å². The highest BCUT2D eigenvalue weighted by Gasteiger charge is 2.36. The van der Waals surface area contributed by atoms with Crippen molar-refractivity contribution in [2.45, 2.75) is 312 Å². The molecule has 88 heavy (non-hydrogen) atoms. The Balaban J connectivity index is -0.0000118. The van der Waals surface area contributed by atoms with E-state index in [1.165, 1.54) is 187 Å². The highest BCUT2D eigenvalue weighted by molar-refractivity contribution is 7.76. The molecule has 0 unspecified atom stereocenters. The summed E-state index contributed by atoms with van der Waals surface area (Å²) in [4.78, 5) is 63.3. The van der Waals surface area contributed by atoms with Gasteiger partial charge in [-0.25, -0.2) is 15.2 Å². The minimum Gasteiger partial charge on any atom is -1.00 e. The molecule has 0 aromatic carbocycles. The Morgan fingerprint density at radius 1 is 0.307 bits per heavy atom. The minimum atomic E-state index is -0.767. The van der Waals surface area contributed by atoms with E-state index in [9.17, 15) is 39.6 Å². The van der Waals surface area contributed by atoms with Crippen LogP contribution in [0.4, 0.5) is 0 Å². The molecule has 0 radical (unpaired) electrons. The maximum atomic E-state index is 12.7. The molecule has 14 nitrogen and oxygen atoms in total. The van der Waals surface area contributed by atoms with Crippen molar-refractivity contribution >= 4 is 56.5 Å². The molecule has 526 valence electrons. The van der Waals surface area contributed by atoms with Crippen molar-refractivity contribution in [3.05, 3.63) is 0 Å². The summed E-state index contributed by atoms with van der Waals surface area (Å²) in [5.41, 5.74) is 0. The number of unbranched alkanes of at least 4 members (excludes halogenated alkanes) is 26. The number of hydroxylamine groups is 6. The highest BCUT2D eigenvalue weighted by atomic mass is 35.5. The number of carbonyl (C=O) groups excluding carboxylic acids is 5. The summed E-state index contributed by atoms with van der Waals surface area (Å²) in [7, 11) is -1.53. The molecule has 0 saturated carbocycles. The molecule has 5 amide bonds. The van der Waals surface area contributed by atoms with Gasteiger partial charge in [0.05, 0.1) is 49.3 Å². The first-order valence-electron chi connectivity index (χ1n) is 36.1. The summed E-state index contributed by atoms with van der Waals surface area (Å²) in [6, 6.07) is 0. The van der Waals surface area contributed by atoms with Crippen LogP contribution in [-0.2, 0) is 24.0 Å². The van der Waals surface area contributed by atoms with Gasteiger partial charge in [0.1, 0.15) is 0 Å². The molecule has 0 heterocycles. The van der Waals surface area contributed by atoms with Crippen LogP contribution in [-0.4, -0.2) is 167 Å². The summed E-state index contributed by atoms with van der Waals surface area (Å²) in [5.74, 6) is -1.92. The van der Waals surface area contributed by atoms with Gasteiger partial charge in [-0.2, -0.15) is 0 Å². The van der Waals surface area contributed by atoms with Crippen LogP contribution in [0.25, 0.3) is 0 Å². The molecule has 19 heteroatoms. The Morgan fingerprint density at radius 2 is 0.534 bits per heavy atom. The highest BCUT2D eigenvalue weighted by Crippen LogP contribution is 2.62. The third-order valence-electron chi connectivity index (χ3n) is 17.8. The van der Waals surface area contributed by atoms with E-state index >= 15 is 0 Å². The summed E-state index contributed by atoms with van der Waals surface area (Å²) in [5, 5.41) is 37.7. The monoisotopic (exact) mass is 1350 g/mol. The van der Waals surface area contributed by atoms with Gasteiger partial charge in [-0.15, -0.1) is 12.4 Å². The number of carbonyl (C=O) groups is 5. The number of nitrogens with one attached hydrogen (secondary N) is 2. The van der Waals surface area contributed by atoms with Crippen LogP contribution < -0.4 is 35.4 Å². The third kappa shape index (κ3) is 54.3. The van der Waals surface area contributed by atoms with Gasteiger partial charge in [0, 0.05) is 79.9 Å². The average molecular weight is 1350 g/mol. The van der Waals surface area contributed by atoms with Crippen LogP contribution in [0.5, 0.6) is 0 Å². The fourth-order valence-corrected chi connectivity index (χ4v) is 22.4. The molecule has 0 aromatic heterocycles. The third-order valence-corrected chi connectivity index (χ3v) is 27.9. The molecule has 0 rings (SSSR count). The summed E-state index contributed by atoms with van der Waals surface area (Å²) >= 11 is 0. The lowest BCUT2D eigenvalue weighted by atomic mass is 10.1. The Bertz CT molecular complexity index is 1520. The Kier molecular flexibility index (Phi) is 70.0. The number of hydrogen-bond acceptors (Lipinski definition) is 9. The number of nitrogens with zero attached hydrogens (tertiary/aromatic N) is 4. The molecule has 0 bridgehead atoms. The van der Waals surface area contributed by atoms with Crippen LogP contribution in [0, 0.1) is 0 Å². The van der Waals surface area contributed by atoms with Crippen molar-refractivity contribution in [3.63, 3.8) is 0 Å². The van der Waals surface area contributed by atoms with Gasteiger partial charge < -0.3 is 40.3 Å². The van der Waals surface area contributed by atoms with Crippen LogP contribution in [0.1, 0.15) is 312 Å². The quantitative estimate of drug-likeness (QED) is 0.0171. The lowest BCUT2D eigenvalue weighted by molar-refractivity contribution is -0.166. The van der Waals surface area contributed by atoms with E-state index in [0.29, 0.717) is 55.3 Å². The molecule has 0 saturated heterocycles. The van der Waals surface area contributed by atoms with Crippen LogP contribution in [0.15, 0.2) is 0 Å². The van der Waals surface area contributed by atoms with Crippen molar-refractivity contribution < 1.29 is 64.4 Å². The molecule has 0 aliphatic carbocycles. The molecule has 5 N–H and O–H groups in total. The predicted molar refractivity (Wildman–Crippen MR) is 372 cm³/mol. The van der Waals surface area contributed by atoms with E-state index in [1.807, 2.05) is 0 Å². The predicted octanol–water partition coefficient (Wildman–Crippen LogP) is 11.8. The van der Waals surface area contributed by atoms with Gasteiger partial charge in [-0.1, -0.05) is 151 Å². The molecule has 0 spiro atoms. The summed E-state index contributed by atoms with van der Waals surface area (Å²) in [6.45, 7) is 20.4. The van der Waals surface area contributed by atoms with Gasteiger partial charge in [-0.05, 0) is 148 Å². The molecule has 0 aliphatic heterocycles. The minimum absolute atomic E-state index is 0. The van der Waals surface area contributed by atoms with Crippen molar-refractivity contribution in [1.29, 1.82) is 0 Å². The second-order valence-electron chi connectivity index (χ2n) is 25.6. The fourth-order valence-electron chi connectivity index (χ4n) is 12.0. The van der Waals surface area contributed by atoms with Gasteiger partial charge in [0.25, 0.3) is 0 Å². The molecule has 0 atom stereocenters. The second kappa shape index (κ2) is 66.0. The van der Waals surface area contributed by atoms with Gasteiger partial charge in [-0.3, -0.25) is 39.6 Å².